The number of carbonyl (C=O) groups excluding carboxylic acids is 1. The van der Waals surface area contributed by atoms with Crippen molar-refractivity contribution >= 4 is 34.4 Å². The standard InChI is InChI=1S/C48H65FN8O6/c1-35-5-6-42(28-52-35)55-14-3-4-39(32-55)30-54(29-37-9-13-51-36(2)24-37)33-40-34-57(41-7-8-41)45-26-46(44(49)25-43(45)48(40)59)56-15-10-38(31-56)27-53-47(58)11-16-60-18-20-62-22-23-63-21-19-61-17-12-50/h5-6,9,13,24-26,28,30,34,38-39,41H,3-4,7-8,10-12,14-23,27,29,31-33,50H2,1-2H3/p+1/t38-,39?/m1/s1. The zero-order valence-electron chi connectivity index (χ0n) is 37.1. The largest absolute Gasteiger partial charge is 0.379 e. The third-order valence-electron chi connectivity index (χ3n) is 12.0. The number of fused-ring (bicyclic) bond motifs is 1. The van der Waals surface area contributed by atoms with Crippen LogP contribution in [0, 0.1) is 31.5 Å². The van der Waals surface area contributed by atoms with Gasteiger partial charge in [0.25, 0.3) is 0 Å². The van der Waals surface area contributed by atoms with Gasteiger partial charge in [0.05, 0.1) is 87.4 Å². The molecule has 3 aliphatic rings. The summed E-state index contributed by atoms with van der Waals surface area (Å²) in [5.41, 5.74) is 11.4. The van der Waals surface area contributed by atoms with E-state index in [0.717, 1.165) is 73.3 Å². The molecule has 15 heteroatoms. The lowest BCUT2D eigenvalue weighted by Gasteiger charge is -2.32. The van der Waals surface area contributed by atoms with Crippen molar-refractivity contribution in [1.82, 2.24) is 19.9 Å². The van der Waals surface area contributed by atoms with Gasteiger partial charge in [-0.2, -0.15) is 0 Å². The Balaban J connectivity index is 0.957. The Morgan fingerprint density at radius 1 is 0.873 bits per heavy atom. The van der Waals surface area contributed by atoms with E-state index in [4.69, 9.17) is 24.7 Å². The van der Waals surface area contributed by atoms with E-state index in [-0.39, 0.29) is 35.6 Å². The van der Waals surface area contributed by atoms with Crippen LogP contribution in [-0.2, 0) is 36.8 Å². The minimum absolute atomic E-state index is 0.0756. The van der Waals surface area contributed by atoms with E-state index >= 15 is 4.39 Å². The maximum Gasteiger partial charge on any atom is 0.222 e. The molecule has 1 unspecified atom stereocenters. The van der Waals surface area contributed by atoms with E-state index in [9.17, 15) is 9.59 Å². The first kappa shape index (κ1) is 46.2. The van der Waals surface area contributed by atoms with E-state index in [1.165, 1.54) is 6.07 Å². The lowest BCUT2D eigenvalue weighted by Crippen LogP contribution is -2.37. The van der Waals surface area contributed by atoms with Crippen molar-refractivity contribution in [2.24, 2.45) is 17.6 Å². The predicted octanol–water partition coefficient (Wildman–Crippen LogP) is 4.94. The quantitative estimate of drug-likeness (QED) is 0.0561. The van der Waals surface area contributed by atoms with Crippen LogP contribution >= 0.6 is 0 Å². The monoisotopic (exact) mass is 870 g/mol. The molecule has 1 aliphatic carbocycles. The lowest BCUT2D eigenvalue weighted by atomic mass is 9.98. The van der Waals surface area contributed by atoms with Gasteiger partial charge in [-0.3, -0.25) is 19.6 Å². The van der Waals surface area contributed by atoms with E-state index < -0.39 is 5.82 Å². The average molecular weight is 870 g/mol. The minimum atomic E-state index is -0.395. The Kier molecular flexibility index (Phi) is 17.0. The van der Waals surface area contributed by atoms with Gasteiger partial charge in [-0.25, -0.2) is 8.97 Å². The first-order valence-electron chi connectivity index (χ1n) is 22.8. The van der Waals surface area contributed by atoms with Crippen LogP contribution in [0.25, 0.3) is 10.9 Å². The van der Waals surface area contributed by atoms with E-state index in [0.29, 0.717) is 109 Å². The molecule has 4 aromatic rings. The van der Waals surface area contributed by atoms with Crippen molar-refractivity contribution in [2.45, 2.75) is 71.5 Å². The van der Waals surface area contributed by atoms with Crippen molar-refractivity contribution in [3.05, 3.63) is 93.5 Å². The van der Waals surface area contributed by atoms with Gasteiger partial charge in [0, 0.05) is 86.5 Å². The summed E-state index contributed by atoms with van der Waals surface area (Å²) >= 11 is 0. The van der Waals surface area contributed by atoms with E-state index in [1.54, 1.807) is 0 Å². The molecule has 0 radical (unpaired) electrons. The molecule has 3 aromatic heterocycles. The van der Waals surface area contributed by atoms with Gasteiger partial charge in [0.15, 0.2) is 18.5 Å². The number of hydrogen-bond acceptors (Lipinski definition) is 11. The highest BCUT2D eigenvalue weighted by Crippen LogP contribution is 2.39. The van der Waals surface area contributed by atoms with Crippen molar-refractivity contribution < 1.29 is 32.7 Å². The Hall–Kier alpha value is -4.80. The molecule has 340 valence electrons. The summed E-state index contributed by atoms with van der Waals surface area (Å²) in [5.74, 6) is -0.00818. The van der Waals surface area contributed by atoms with Crippen LogP contribution in [0.4, 0.5) is 15.8 Å². The van der Waals surface area contributed by atoms with Crippen LogP contribution in [0.2, 0.25) is 0 Å². The fourth-order valence-electron chi connectivity index (χ4n) is 8.63. The number of piperidine rings is 1. The molecule has 3 N–H and O–H groups in total. The number of hydrogen-bond donors (Lipinski definition) is 2. The van der Waals surface area contributed by atoms with Crippen LogP contribution in [0.3, 0.4) is 0 Å². The van der Waals surface area contributed by atoms with Crippen molar-refractivity contribution in [3.63, 3.8) is 0 Å². The minimum Gasteiger partial charge on any atom is -0.379 e. The van der Waals surface area contributed by atoms with Crippen molar-refractivity contribution in [1.29, 1.82) is 0 Å². The maximum absolute atomic E-state index is 16.2. The number of nitrogens with two attached hydrogens (primary N) is 1. The summed E-state index contributed by atoms with van der Waals surface area (Å²) in [5, 5.41) is 3.46. The molecule has 2 atom stereocenters. The number of anilines is 2. The number of amides is 1. The highest BCUT2D eigenvalue weighted by atomic mass is 19.1. The van der Waals surface area contributed by atoms with Crippen LogP contribution in [-0.4, -0.2) is 123 Å². The summed E-state index contributed by atoms with van der Waals surface area (Å²) in [6.07, 6.45) is 13.4. The Morgan fingerprint density at radius 3 is 2.35 bits per heavy atom. The van der Waals surface area contributed by atoms with E-state index in [1.807, 2.05) is 44.6 Å². The SMILES string of the molecule is Cc1ccc(N2CCCC(C=[N+](Cc3ccnc(C)c3)Cc3cn(C4CC4)c4cc(N5CC[C@H](CNC(=O)CCOCCOCCOCCOCCN)C5)c(F)cc4c3=O)C2)cn1. The average Bonchev–Trinajstić information content (AvgIpc) is 4.02. The molecular formula is C48H66FN8O6+. The third kappa shape index (κ3) is 13.6. The molecule has 0 spiro atoms. The molecule has 0 bridgehead atoms. The summed E-state index contributed by atoms with van der Waals surface area (Å²) in [6, 6.07) is 12.0. The number of pyridine rings is 3. The molecule has 63 heavy (non-hydrogen) atoms. The van der Waals surface area contributed by atoms with Gasteiger partial charge in [-0.15, -0.1) is 0 Å². The van der Waals surface area contributed by atoms with Crippen molar-refractivity contribution in [2.75, 3.05) is 102 Å². The number of nitrogens with one attached hydrogen (secondary N) is 1. The molecule has 14 nitrogen and oxygen atoms in total. The Bertz CT molecular complexity index is 2200. The molecule has 2 aliphatic heterocycles. The summed E-state index contributed by atoms with van der Waals surface area (Å²) in [4.78, 5) is 40.4. The lowest BCUT2D eigenvalue weighted by molar-refractivity contribution is -0.557. The van der Waals surface area contributed by atoms with Gasteiger partial charge in [0.1, 0.15) is 12.0 Å². The van der Waals surface area contributed by atoms with Crippen LogP contribution in [0.1, 0.15) is 67.1 Å². The van der Waals surface area contributed by atoms with Gasteiger partial charge in [-0.05, 0) is 88.3 Å². The fraction of sp³-hybridized carbons (Fsp3) is 0.562. The number of nitrogens with zero attached hydrogens (tertiary/aromatic N) is 6. The fourth-order valence-corrected chi connectivity index (χ4v) is 8.63. The highest BCUT2D eigenvalue weighted by Gasteiger charge is 2.30. The predicted molar refractivity (Wildman–Crippen MR) is 243 cm³/mol. The zero-order chi connectivity index (χ0) is 44.0. The van der Waals surface area contributed by atoms with E-state index in [2.05, 4.69) is 58.6 Å². The second-order valence-electron chi connectivity index (χ2n) is 17.2. The number of aromatic nitrogens is 3. The van der Waals surface area contributed by atoms with Crippen LogP contribution in [0.15, 0.2) is 59.8 Å². The Morgan fingerprint density at radius 2 is 1.63 bits per heavy atom. The van der Waals surface area contributed by atoms with Crippen LogP contribution in [0.5, 0.6) is 0 Å². The zero-order valence-corrected chi connectivity index (χ0v) is 37.1. The molecule has 7 rings (SSSR count). The molecule has 3 fully saturated rings. The molecule has 5 heterocycles. The smallest absolute Gasteiger partial charge is 0.222 e. The third-order valence-corrected chi connectivity index (χ3v) is 12.0. The second-order valence-corrected chi connectivity index (χ2v) is 17.2. The molecule has 1 amide bonds. The summed E-state index contributed by atoms with van der Waals surface area (Å²) in [6.45, 7) is 12.8. The number of aryl methyl sites for hydroxylation is 2. The molecule has 1 saturated carbocycles. The van der Waals surface area contributed by atoms with Gasteiger partial charge < -0.3 is 44.4 Å². The Labute approximate surface area is 370 Å². The molecule has 2 saturated heterocycles. The van der Waals surface area contributed by atoms with Gasteiger partial charge >= 0.3 is 0 Å². The topological polar surface area (TPSA) is 149 Å². The summed E-state index contributed by atoms with van der Waals surface area (Å²) in [7, 11) is 0. The number of carbonyl (C=O) groups is 1. The normalized spacial score (nSPS) is 18.1. The number of halogens is 1. The first-order chi connectivity index (χ1) is 30.7. The summed E-state index contributed by atoms with van der Waals surface area (Å²) < 4.78 is 42.4. The number of rotatable bonds is 24. The molecular weight excluding hydrogens is 804 g/mol. The van der Waals surface area contributed by atoms with Gasteiger partial charge in [-0.1, -0.05) is 0 Å². The van der Waals surface area contributed by atoms with Crippen molar-refractivity contribution in [3.8, 4) is 0 Å². The second kappa shape index (κ2) is 23.2. The number of ether oxygens (including phenoxy) is 4. The van der Waals surface area contributed by atoms with Crippen LogP contribution < -0.4 is 26.3 Å². The first-order valence-corrected chi connectivity index (χ1v) is 22.8. The number of benzene rings is 1. The van der Waals surface area contributed by atoms with Gasteiger partial charge in [0.2, 0.25) is 5.91 Å². The highest BCUT2D eigenvalue weighted by molar-refractivity contribution is 5.84. The molecule has 1 aromatic carbocycles. The maximum atomic E-state index is 16.2.